The van der Waals surface area contributed by atoms with E-state index in [4.69, 9.17) is 0 Å². The average Bonchev–Trinajstić information content (AvgIpc) is 2.98. The Morgan fingerprint density at radius 1 is 1.20 bits per heavy atom. The SMILES string of the molecule is O=C1C[C@@H]2CN(Cc3cc(=O)n4c5c(cccc35)CCC4)CC[C@@H]2N1. The Morgan fingerprint density at radius 3 is 3.04 bits per heavy atom. The second-order valence-electron chi connectivity index (χ2n) is 7.74. The van der Waals surface area contributed by atoms with Crippen LogP contribution >= 0.6 is 0 Å². The summed E-state index contributed by atoms with van der Waals surface area (Å²) in [6, 6.07) is 8.62. The Bertz CT molecular complexity index is 917. The molecular formula is C20H23N3O2. The zero-order chi connectivity index (χ0) is 17.0. The summed E-state index contributed by atoms with van der Waals surface area (Å²) in [5.74, 6) is 0.610. The van der Waals surface area contributed by atoms with Gasteiger partial charge in [-0.25, -0.2) is 0 Å². The van der Waals surface area contributed by atoms with Crippen molar-refractivity contribution in [2.45, 2.75) is 44.8 Å². The Hall–Kier alpha value is -2.14. The smallest absolute Gasteiger partial charge is 0.251 e. The van der Waals surface area contributed by atoms with Gasteiger partial charge in [0.15, 0.2) is 0 Å². The molecule has 3 aliphatic heterocycles. The molecule has 0 unspecified atom stereocenters. The second-order valence-corrected chi connectivity index (χ2v) is 7.74. The third-order valence-corrected chi connectivity index (χ3v) is 6.13. The molecule has 5 rings (SSSR count). The van der Waals surface area contributed by atoms with Crippen LogP contribution in [0.3, 0.4) is 0 Å². The summed E-state index contributed by atoms with van der Waals surface area (Å²) in [6.07, 6.45) is 3.76. The van der Waals surface area contributed by atoms with Crippen LogP contribution in [0.4, 0.5) is 0 Å². The zero-order valence-corrected chi connectivity index (χ0v) is 14.3. The van der Waals surface area contributed by atoms with Gasteiger partial charge in [0.05, 0.1) is 5.52 Å². The highest BCUT2D eigenvalue weighted by atomic mass is 16.2. The average molecular weight is 337 g/mol. The second kappa shape index (κ2) is 5.70. The van der Waals surface area contributed by atoms with E-state index < -0.39 is 0 Å². The molecule has 5 heteroatoms. The maximum atomic E-state index is 12.6. The molecule has 3 aliphatic rings. The van der Waals surface area contributed by atoms with E-state index in [1.54, 1.807) is 0 Å². The summed E-state index contributed by atoms with van der Waals surface area (Å²) >= 11 is 0. The highest BCUT2D eigenvalue weighted by molar-refractivity contribution is 5.86. The topological polar surface area (TPSA) is 54.3 Å². The molecule has 2 aromatic rings. The summed E-state index contributed by atoms with van der Waals surface area (Å²) in [6.45, 7) is 3.54. The number of nitrogens with zero attached hydrogens (tertiary/aromatic N) is 2. The number of para-hydroxylation sites is 1. The van der Waals surface area contributed by atoms with Crippen molar-refractivity contribution in [1.29, 1.82) is 0 Å². The first-order valence-electron chi connectivity index (χ1n) is 9.35. The van der Waals surface area contributed by atoms with Crippen molar-refractivity contribution in [2.75, 3.05) is 13.1 Å². The molecule has 0 saturated carbocycles. The Morgan fingerprint density at radius 2 is 2.12 bits per heavy atom. The Labute approximate surface area is 146 Å². The van der Waals surface area contributed by atoms with Gasteiger partial charge in [-0.15, -0.1) is 0 Å². The molecule has 4 heterocycles. The van der Waals surface area contributed by atoms with Gasteiger partial charge >= 0.3 is 0 Å². The highest BCUT2D eigenvalue weighted by Crippen LogP contribution is 2.29. The van der Waals surface area contributed by atoms with E-state index in [-0.39, 0.29) is 11.5 Å². The molecule has 0 bridgehead atoms. The van der Waals surface area contributed by atoms with E-state index >= 15 is 0 Å². The molecule has 5 nitrogen and oxygen atoms in total. The molecule has 1 amide bonds. The van der Waals surface area contributed by atoms with E-state index in [1.807, 2.05) is 10.6 Å². The third-order valence-electron chi connectivity index (χ3n) is 6.13. The fourth-order valence-electron chi connectivity index (χ4n) is 4.96. The molecule has 2 atom stereocenters. The van der Waals surface area contributed by atoms with Crippen LogP contribution in [0.15, 0.2) is 29.1 Å². The van der Waals surface area contributed by atoms with E-state index in [0.717, 1.165) is 56.5 Å². The van der Waals surface area contributed by atoms with Crippen LogP contribution in [0, 0.1) is 5.92 Å². The van der Waals surface area contributed by atoms with Crippen LogP contribution in [0.2, 0.25) is 0 Å². The van der Waals surface area contributed by atoms with Gasteiger partial charge in [0.25, 0.3) is 5.56 Å². The van der Waals surface area contributed by atoms with Gasteiger partial charge in [-0.3, -0.25) is 14.5 Å². The number of nitrogens with one attached hydrogen (secondary N) is 1. The summed E-state index contributed by atoms with van der Waals surface area (Å²) in [5.41, 5.74) is 3.70. The fraction of sp³-hybridized carbons (Fsp3) is 0.500. The van der Waals surface area contributed by atoms with E-state index in [2.05, 4.69) is 28.4 Å². The number of likely N-dealkylation sites (tertiary alicyclic amines) is 1. The molecule has 0 radical (unpaired) electrons. The number of hydrogen-bond acceptors (Lipinski definition) is 3. The van der Waals surface area contributed by atoms with Crippen molar-refractivity contribution in [2.24, 2.45) is 5.92 Å². The van der Waals surface area contributed by atoms with E-state index in [1.165, 1.54) is 10.9 Å². The number of pyridine rings is 1. The maximum absolute atomic E-state index is 12.6. The van der Waals surface area contributed by atoms with Gasteiger partial charge in [0.1, 0.15) is 0 Å². The van der Waals surface area contributed by atoms with Gasteiger partial charge < -0.3 is 9.88 Å². The van der Waals surface area contributed by atoms with Crippen LogP contribution in [0.1, 0.15) is 30.4 Å². The Kier molecular flexibility index (Phi) is 3.45. The monoisotopic (exact) mass is 337 g/mol. The number of fused-ring (bicyclic) bond motifs is 1. The van der Waals surface area contributed by atoms with Crippen molar-refractivity contribution in [3.63, 3.8) is 0 Å². The number of aryl methyl sites for hydroxylation is 2. The number of carbonyl (C=O) groups excluding carboxylic acids is 1. The lowest BCUT2D eigenvalue weighted by molar-refractivity contribution is -0.119. The highest BCUT2D eigenvalue weighted by Gasteiger charge is 2.36. The molecule has 0 spiro atoms. The standard InChI is InChI=1S/C20H23N3O2/c24-18-9-15-12-22(8-6-17(15)21-18)11-14-10-19(25)23-7-2-4-13-3-1-5-16(14)20(13)23/h1,3,5,10,15,17H,2,4,6-9,11-12H2,(H,21,24)/t15-,17+/m1/s1. The molecule has 1 aromatic carbocycles. The first-order chi connectivity index (χ1) is 12.2. The third kappa shape index (κ3) is 2.49. The predicted molar refractivity (Wildman–Crippen MR) is 96.5 cm³/mol. The van der Waals surface area contributed by atoms with Crippen molar-refractivity contribution < 1.29 is 4.79 Å². The lowest BCUT2D eigenvalue weighted by Gasteiger charge is -2.34. The minimum absolute atomic E-state index is 0.127. The number of benzene rings is 1. The maximum Gasteiger partial charge on any atom is 0.251 e. The minimum Gasteiger partial charge on any atom is -0.353 e. The van der Waals surface area contributed by atoms with Gasteiger partial charge in [-0.1, -0.05) is 18.2 Å². The predicted octanol–water partition coefficient (Wildman–Crippen LogP) is 1.66. The van der Waals surface area contributed by atoms with E-state index in [9.17, 15) is 9.59 Å². The number of amides is 1. The van der Waals surface area contributed by atoms with Crippen LogP contribution in [0.5, 0.6) is 0 Å². The molecule has 2 saturated heterocycles. The minimum atomic E-state index is 0.127. The Balaban J connectivity index is 1.49. The molecule has 2 fully saturated rings. The van der Waals surface area contributed by atoms with Gasteiger partial charge in [-0.05, 0) is 30.4 Å². The molecule has 130 valence electrons. The number of rotatable bonds is 2. The van der Waals surface area contributed by atoms with Crippen molar-refractivity contribution >= 4 is 16.8 Å². The summed E-state index contributed by atoms with van der Waals surface area (Å²) < 4.78 is 1.95. The first-order valence-corrected chi connectivity index (χ1v) is 9.35. The largest absolute Gasteiger partial charge is 0.353 e. The van der Waals surface area contributed by atoms with Gasteiger partial charge in [-0.2, -0.15) is 0 Å². The van der Waals surface area contributed by atoms with Crippen molar-refractivity contribution in [3.05, 3.63) is 45.7 Å². The van der Waals surface area contributed by atoms with E-state index in [0.29, 0.717) is 18.4 Å². The van der Waals surface area contributed by atoms with Crippen LogP contribution < -0.4 is 10.9 Å². The number of hydrogen-bond donors (Lipinski definition) is 1. The lowest BCUT2D eigenvalue weighted by Crippen LogP contribution is -2.44. The van der Waals surface area contributed by atoms with Gasteiger partial charge in [0, 0.05) is 56.0 Å². The number of piperidine rings is 1. The van der Waals surface area contributed by atoms with Crippen LogP contribution in [-0.4, -0.2) is 34.5 Å². The van der Waals surface area contributed by atoms with Crippen molar-refractivity contribution in [3.8, 4) is 0 Å². The lowest BCUT2D eigenvalue weighted by atomic mass is 9.92. The number of carbonyl (C=O) groups is 1. The van der Waals surface area contributed by atoms with Crippen LogP contribution in [0.25, 0.3) is 10.9 Å². The van der Waals surface area contributed by atoms with Crippen LogP contribution in [-0.2, 0) is 24.3 Å². The molecule has 1 N–H and O–H groups in total. The van der Waals surface area contributed by atoms with Gasteiger partial charge in [0.2, 0.25) is 5.91 Å². The quantitative estimate of drug-likeness (QED) is 0.907. The summed E-state index contributed by atoms with van der Waals surface area (Å²) in [5, 5.41) is 4.31. The normalized spacial score (nSPS) is 25.8. The fourth-order valence-corrected chi connectivity index (χ4v) is 4.96. The molecule has 25 heavy (non-hydrogen) atoms. The summed E-state index contributed by atoms with van der Waals surface area (Å²) in [4.78, 5) is 26.7. The molecular weight excluding hydrogens is 314 g/mol. The summed E-state index contributed by atoms with van der Waals surface area (Å²) in [7, 11) is 0. The van der Waals surface area contributed by atoms with Crippen molar-refractivity contribution in [1.82, 2.24) is 14.8 Å². The molecule has 0 aliphatic carbocycles. The zero-order valence-electron chi connectivity index (χ0n) is 14.3. The number of aromatic nitrogens is 1. The first kappa shape index (κ1) is 15.1. The molecule has 1 aromatic heterocycles.